The van der Waals surface area contributed by atoms with Gasteiger partial charge >= 0.3 is 0 Å². The van der Waals surface area contributed by atoms with Gasteiger partial charge in [-0.2, -0.15) is 0 Å². The molecule has 0 fully saturated rings. The summed E-state index contributed by atoms with van der Waals surface area (Å²) in [4.78, 5) is 29.6. The summed E-state index contributed by atoms with van der Waals surface area (Å²) in [5, 5.41) is -0.184. The van der Waals surface area contributed by atoms with E-state index in [1.165, 1.54) is 30.3 Å². The number of amides is 1. The van der Waals surface area contributed by atoms with Crippen LogP contribution in [-0.2, 0) is 17.6 Å². The number of nitrogens with one attached hydrogen (secondary N) is 1. The number of nitrogens with zero attached hydrogens (tertiary/aromatic N) is 2. The predicted molar refractivity (Wildman–Crippen MR) is 99.0 cm³/mol. The molecule has 0 spiro atoms. The molecule has 0 unspecified atom stereocenters. The van der Waals surface area contributed by atoms with Gasteiger partial charge in [0.25, 0.3) is 5.56 Å². The zero-order valence-corrected chi connectivity index (χ0v) is 15.0. The summed E-state index contributed by atoms with van der Waals surface area (Å²) >= 11 is 0. The monoisotopic (exact) mass is 371 g/mol. The van der Waals surface area contributed by atoms with Crippen molar-refractivity contribution in [3.8, 4) is 0 Å². The molecule has 0 radical (unpaired) electrons. The highest BCUT2D eigenvalue weighted by molar-refractivity contribution is 5.86. The normalized spacial score (nSPS) is 11.1. The molecule has 140 valence electrons. The average molecular weight is 371 g/mol. The second-order valence-electron chi connectivity index (χ2n) is 6.74. The summed E-state index contributed by atoms with van der Waals surface area (Å²) in [6, 6.07) is 9.85. The molecule has 5 nitrogen and oxygen atoms in total. The Bertz CT molecular complexity index is 1060. The number of aromatic nitrogens is 2. The van der Waals surface area contributed by atoms with Gasteiger partial charge < -0.3 is 0 Å². The first-order chi connectivity index (χ1) is 12.8. The van der Waals surface area contributed by atoms with Crippen LogP contribution in [0.15, 0.2) is 47.3 Å². The minimum Gasteiger partial charge on any atom is -0.273 e. The largest absolute Gasteiger partial charge is 0.283 e. The molecule has 1 amide bonds. The van der Waals surface area contributed by atoms with Crippen molar-refractivity contribution in [1.82, 2.24) is 9.66 Å². The van der Waals surface area contributed by atoms with Crippen LogP contribution in [0.4, 0.5) is 8.78 Å². The number of benzene rings is 2. The van der Waals surface area contributed by atoms with E-state index in [9.17, 15) is 18.4 Å². The van der Waals surface area contributed by atoms with E-state index < -0.39 is 23.1 Å². The second kappa shape index (κ2) is 7.65. The lowest BCUT2D eigenvalue weighted by Gasteiger charge is -2.16. The van der Waals surface area contributed by atoms with Crippen molar-refractivity contribution in [3.05, 3.63) is 75.8 Å². The van der Waals surface area contributed by atoms with Crippen LogP contribution in [-0.4, -0.2) is 15.6 Å². The average Bonchev–Trinajstić information content (AvgIpc) is 2.57. The maximum Gasteiger partial charge on any atom is 0.283 e. The molecular weight excluding hydrogens is 352 g/mol. The molecule has 1 aromatic heterocycles. The highest BCUT2D eigenvalue weighted by Gasteiger charge is 2.17. The zero-order valence-electron chi connectivity index (χ0n) is 15.0. The smallest absolute Gasteiger partial charge is 0.273 e. The third-order valence-corrected chi connectivity index (χ3v) is 4.00. The molecule has 0 saturated carbocycles. The molecule has 2 aromatic carbocycles. The van der Waals surface area contributed by atoms with Crippen molar-refractivity contribution in [2.45, 2.75) is 26.7 Å². The van der Waals surface area contributed by atoms with E-state index in [2.05, 4.69) is 10.4 Å². The third kappa shape index (κ3) is 4.19. The highest BCUT2D eigenvalue weighted by Crippen LogP contribution is 2.14. The van der Waals surface area contributed by atoms with Crippen LogP contribution in [0.1, 0.15) is 25.2 Å². The van der Waals surface area contributed by atoms with Gasteiger partial charge in [0.1, 0.15) is 22.8 Å². The van der Waals surface area contributed by atoms with Gasteiger partial charge in [0.05, 0.1) is 11.9 Å². The summed E-state index contributed by atoms with van der Waals surface area (Å²) in [7, 11) is 0. The van der Waals surface area contributed by atoms with Crippen molar-refractivity contribution < 1.29 is 13.6 Å². The maximum atomic E-state index is 14.1. The Balaban J connectivity index is 2.00. The van der Waals surface area contributed by atoms with Crippen LogP contribution in [0.25, 0.3) is 10.9 Å². The molecule has 1 N–H and O–H groups in total. The van der Waals surface area contributed by atoms with Crippen molar-refractivity contribution in [1.29, 1.82) is 0 Å². The van der Waals surface area contributed by atoms with Crippen LogP contribution in [0.3, 0.4) is 0 Å². The van der Waals surface area contributed by atoms with Crippen molar-refractivity contribution in [2.75, 3.05) is 5.43 Å². The van der Waals surface area contributed by atoms with Gasteiger partial charge in [0.2, 0.25) is 5.91 Å². The Labute approximate surface area is 154 Å². The van der Waals surface area contributed by atoms with Gasteiger partial charge in [-0.15, -0.1) is 0 Å². The molecular formula is C20H19F2N3O2. The molecule has 0 bridgehead atoms. The molecule has 27 heavy (non-hydrogen) atoms. The molecule has 3 aromatic rings. The summed E-state index contributed by atoms with van der Waals surface area (Å²) in [6.45, 7) is 3.89. The maximum absolute atomic E-state index is 14.1. The number of fused-ring (bicyclic) bond motifs is 1. The molecule has 0 saturated heterocycles. The van der Waals surface area contributed by atoms with E-state index in [1.54, 1.807) is 12.1 Å². The van der Waals surface area contributed by atoms with Crippen LogP contribution in [0.5, 0.6) is 0 Å². The molecule has 0 aliphatic heterocycles. The molecule has 1 heterocycles. The summed E-state index contributed by atoms with van der Waals surface area (Å²) in [6.07, 6.45) is 0.294. The fourth-order valence-corrected chi connectivity index (χ4v) is 2.85. The first kappa shape index (κ1) is 18.7. The number of rotatable bonds is 5. The molecule has 0 aliphatic carbocycles. The third-order valence-electron chi connectivity index (χ3n) is 4.00. The standard InChI is InChI=1S/C20H19F2N3O2/c1-12(2)9-17-23-16-8-4-7-15(22)19(16)20(27)25(17)24-18(26)11-13-5-3-6-14(21)10-13/h3-8,10,12H,9,11H2,1-2H3,(H,24,26). The Morgan fingerprint density at radius 3 is 2.63 bits per heavy atom. The number of carbonyl (C=O) groups is 1. The van der Waals surface area contributed by atoms with Gasteiger partial charge in [-0.05, 0) is 35.7 Å². The van der Waals surface area contributed by atoms with Crippen LogP contribution in [0, 0.1) is 17.6 Å². The van der Waals surface area contributed by atoms with E-state index in [4.69, 9.17) is 0 Å². The van der Waals surface area contributed by atoms with E-state index in [0.717, 1.165) is 4.68 Å². The number of hydrogen-bond donors (Lipinski definition) is 1. The van der Waals surface area contributed by atoms with Gasteiger partial charge in [0, 0.05) is 6.42 Å². The Morgan fingerprint density at radius 2 is 1.93 bits per heavy atom. The quantitative estimate of drug-likeness (QED) is 0.749. The summed E-state index contributed by atoms with van der Waals surface area (Å²) in [5.41, 5.74) is 2.51. The lowest BCUT2D eigenvalue weighted by atomic mass is 10.1. The Kier molecular flexibility index (Phi) is 5.30. The fourth-order valence-electron chi connectivity index (χ4n) is 2.85. The van der Waals surface area contributed by atoms with Gasteiger partial charge in [0.15, 0.2) is 0 Å². The molecule has 0 atom stereocenters. The molecule has 3 rings (SSSR count). The minimum absolute atomic E-state index is 0.124. The van der Waals surface area contributed by atoms with E-state index in [0.29, 0.717) is 17.8 Å². The van der Waals surface area contributed by atoms with E-state index >= 15 is 0 Å². The summed E-state index contributed by atoms with van der Waals surface area (Å²) in [5.74, 6) is -1.18. The first-order valence-corrected chi connectivity index (χ1v) is 8.59. The topological polar surface area (TPSA) is 64.0 Å². The summed E-state index contributed by atoms with van der Waals surface area (Å²) < 4.78 is 28.4. The van der Waals surface area contributed by atoms with Gasteiger partial charge in [-0.1, -0.05) is 32.0 Å². The second-order valence-corrected chi connectivity index (χ2v) is 6.74. The number of hydrogen-bond acceptors (Lipinski definition) is 3. The van der Waals surface area contributed by atoms with Gasteiger partial charge in [-0.25, -0.2) is 18.4 Å². The van der Waals surface area contributed by atoms with Crippen LogP contribution >= 0.6 is 0 Å². The number of halogens is 2. The van der Waals surface area contributed by atoms with Gasteiger partial charge in [-0.3, -0.25) is 15.0 Å². The number of carbonyl (C=O) groups excluding carboxylic acids is 1. The van der Waals surface area contributed by atoms with E-state index in [1.807, 2.05) is 13.8 Å². The Hall–Kier alpha value is -3.09. The zero-order chi connectivity index (χ0) is 19.6. The van der Waals surface area contributed by atoms with Crippen molar-refractivity contribution >= 4 is 16.8 Å². The SMILES string of the molecule is CC(C)Cc1nc2cccc(F)c2c(=O)n1NC(=O)Cc1cccc(F)c1. The van der Waals surface area contributed by atoms with Crippen molar-refractivity contribution in [2.24, 2.45) is 5.92 Å². The highest BCUT2D eigenvalue weighted by atomic mass is 19.1. The fraction of sp³-hybridized carbons (Fsp3) is 0.250. The Morgan fingerprint density at radius 1 is 1.19 bits per heavy atom. The lowest BCUT2D eigenvalue weighted by Crippen LogP contribution is -2.37. The minimum atomic E-state index is -0.700. The van der Waals surface area contributed by atoms with Crippen LogP contribution < -0.4 is 11.0 Å². The first-order valence-electron chi connectivity index (χ1n) is 8.59. The molecule has 0 aliphatic rings. The lowest BCUT2D eigenvalue weighted by molar-refractivity contribution is -0.116. The molecule has 7 heteroatoms. The van der Waals surface area contributed by atoms with E-state index in [-0.39, 0.29) is 23.2 Å². The van der Waals surface area contributed by atoms with Crippen molar-refractivity contribution in [3.63, 3.8) is 0 Å². The van der Waals surface area contributed by atoms with Crippen LogP contribution in [0.2, 0.25) is 0 Å². The predicted octanol–water partition coefficient (Wildman–Crippen LogP) is 3.19.